The van der Waals surface area contributed by atoms with Crippen molar-refractivity contribution in [3.8, 4) is 0 Å². The number of carbonyl (C=O) groups is 1. The molecule has 1 aliphatic rings. The van der Waals surface area contributed by atoms with Crippen LogP contribution >= 0.6 is 11.8 Å². The van der Waals surface area contributed by atoms with Crippen LogP contribution < -0.4 is 10.2 Å². The molecule has 1 N–H and O–H groups in total. The van der Waals surface area contributed by atoms with E-state index in [0.29, 0.717) is 11.3 Å². The van der Waals surface area contributed by atoms with E-state index in [2.05, 4.69) is 54.9 Å². The molecule has 0 saturated carbocycles. The van der Waals surface area contributed by atoms with Crippen LogP contribution in [0.5, 0.6) is 0 Å². The minimum atomic E-state index is -0.0670. The van der Waals surface area contributed by atoms with Crippen molar-refractivity contribution in [1.29, 1.82) is 0 Å². The highest BCUT2D eigenvalue weighted by molar-refractivity contribution is 7.98. The van der Waals surface area contributed by atoms with Gasteiger partial charge >= 0.3 is 0 Å². The molecule has 2 aromatic carbocycles. The summed E-state index contributed by atoms with van der Waals surface area (Å²) in [6, 6.07) is 20.0. The molecule has 1 fully saturated rings. The minimum absolute atomic E-state index is 0.0575. The number of nitrogens with one attached hydrogen (secondary N) is 1. The molecule has 2 heterocycles. The monoisotopic (exact) mass is 517 g/mol. The van der Waals surface area contributed by atoms with Crippen molar-refractivity contribution in [2.24, 2.45) is 0 Å². The van der Waals surface area contributed by atoms with Crippen molar-refractivity contribution in [2.75, 3.05) is 37.6 Å². The number of hydrogen-bond acceptors (Lipinski definition) is 6. The Morgan fingerprint density at radius 3 is 2.41 bits per heavy atom. The first-order valence-corrected chi connectivity index (χ1v) is 14.2. The number of thioether (sulfide) groups is 1. The molecule has 1 aromatic heterocycles. The molecule has 1 atom stereocenters. The Bertz CT molecular complexity index is 1190. The molecule has 3 aromatic rings. The lowest BCUT2D eigenvalue weighted by Crippen LogP contribution is -2.46. The number of hydrogen-bond donors (Lipinski definition) is 1. The highest BCUT2D eigenvalue weighted by atomic mass is 32.2. The van der Waals surface area contributed by atoms with Crippen molar-refractivity contribution in [3.63, 3.8) is 0 Å². The van der Waals surface area contributed by atoms with E-state index < -0.39 is 0 Å². The number of likely N-dealkylation sites (N-methyl/N-ethyl adjacent to an activating group) is 1. The molecule has 4 rings (SSSR count). The molecule has 0 aliphatic carbocycles. The van der Waals surface area contributed by atoms with E-state index in [1.807, 2.05) is 55.5 Å². The summed E-state index contributed by atoms with van der Waals surface area (Å²) in [6.45, 7) is 16.0. The molecule has 196 valence electrons. The third kappa shape index (κ3) is 7.33. The van der Waals surface area contributed by atoms with E-state index in [1.165, 1.54) is 0 Å². The quantitative estimate of drug-likeness (QED) is 0.306. The molecule has 6 nitrogen and oxygen atoms in total. The molecule has 37 heavy (non-hydrogen) atoms. The first kappa shape index (κ1) is 27.1. The highest BCUT2D eigenvalue weighted by Crippen LogP contribution is 2.29. The van der Waals surface area contributed by atoms with Crippen molar-refractivity contribution in [2.45, 2.75) is 57.0 Å². The Balaban J connectivity index is 1.46. The van der Waals surface area contributed by atoms with Crippen LogP contribution in [0.15, 0.2) is 65.8 Å². The summed E-state index contributed by atoms with van der Waals surface area (Å²) in [7, 11) is 0. The lowest BCUT2D eigenvalue weighted by atomic mass is 9.92. The summed E-state index contributed by atoms with van der Waals surface area (Å²) in [6.07, 6.45) is 0. The summed E-state index contributed by atoms with van der Waals surface area (Å²) < 4.78 is 0. The first-order chi connectivity index (χ1) is 17.7. The predicted molar refractivity (Wildman–Crippen MR) is 153 cm³/mol. The number of anilines is 1. The summed E-state index contributed by atoms with van der Waals surface area (Å²) in [5.41, 5.74) is 3.82. The van der Waals surface area contributed by atoms with Crippen LogP contribution in [-0.2, 0) is 11.2 Å². The molecular weight excluding hydrogens is 478 g/mol. The van der Waals surface area contributed by atoms with Crippen molar-refractivity contribution >= 4 is 23.5 Å². The van der Waals surface area contributed by atoms with E-state index in [9.17, 15) is 4.79 Å². The maximum Gasteiger partial charge on any atom is 0.251 e. The number of nitrogens with zero attached hydrogens (tertiary/aromatic N) is 4. The second-order valence-corrected chi connectivity index (χ2v) is 11.6. The Morgan fingerprint density at radius 1 is 1.00 bits per heavy atom. The van der Waals surface area contributed by atoms with Gasteiger partial charge in [-0.1, -0.05) is 81.9 Å². The lowest BCUT2D eigenvalue weighted by Gasteiger charge is -2.35. The van der Waals surface area contributed by atoms with Crippen LogP contribution in [0.25, 0.3) is 0 Å². The number of aromatic nitrogens is 2. The van der Waals surface area contributed by atoms with Gasteiger partial charge in [-0.05, 0) is 36.7 Å². The molecule has 1 amide bonds. The zero-order chi connectivity index (χ0) is 26.4. The fourth-order valence-electron chi connectivity index (χ4n) is 4.37. The van der Waals surface area contributed by atoms with Crippen molar-refractivity contribution in [3.05, 3.63) is 83.0 Å². The van der Waals surface area contributed by atoms with E-state index in [1.54, 1.807) is 11.8 Å². The highest BCUT2D eigenvalue weighted by Gasteiger charge is 2.23. The molecule has 0 radical (unpaired) electrons. The van der Waals surface area contributed by atoms with Crippen LogP contribution in [0.3, 0.4) is 0 Å². The molecular formula is C30H39N5OS. The average molecular weight is 518 g/mol. The van der Waals surface area contributed by atoms with Gasteiger partial charge in [0, 0.05) is 49.0 Å². The minimum Gasteiger partial charge on any atom is -0.354 e. The van der Waals surface area contributed by atoms with E-state index in [-0.39, 0.29) is 17.4 Å². The second-order valence-electron chi connectivity index (χ2n) is 10.7. The Morgan fingerprint density at radius 2 is 1.73 bits per heavy atom. The third-order valence-corrected chi connectivity index (χ3v) is 7.73. The van der Waals surface area contributed by atoms with E-state index in [4.69, 9.17) is 9.97 Å². The first-order valence-electron chi connectivity index (χ1n) is 13.2. The number of benzene rings is 2. The van der Waals surface area contributed by atoms with Crippen LogP contribution in [0.1, 0.15) is 67.8 Å². The predicted octanol–water partition coefficient (Wildman–Crippen LogP) is 5.70. The van der Waals surface area contributed by atoms with Gasteiger partial charge in [0.2, 0.25) is 0 Å². The molecule has 1 unspecified atom stereocenters. The normalized spacial score (nSPS) is 15.4. The number of rotatable bonds is 8. The Kier molecular flexibility index (Phi) is 8.87. The maximum absolute atomic E-state index is 12.9. The largest absolute Gasteiger partial charge is 0.354 e. The molecule has 0 bridgehead atoms. The third-order valence-electron chi connectivity index (χ3n) is 6.81. The second kappa shape index (κ2) is 12.1. The van der Waals surface area contributed by atoms with Crippen LogP contribution in [-0.4, -0.2) is 53.5 Å². The van der Waals surface area contributed by atoms with Crippen LogP contribution in [0.4, 0.5) is 5.82 Å². The van der Waals surface area contributed by atoms with Crippen LogP contribution in [0.2, 0.25) is 0 Å². The van der Waals surface area contributed by atoms with Gasteiger partial charge in [-0.3, -0.25) is 4.79 Å². The molecule has 1 aliphatic heterocycles. The zero-order valence-electron chi connectivity index (χ0n) is 22.7. The van der Waals surface area contributed by atoms with Crippen LogP contribution in [0, 0.1) is 0 Å². The van der Waals surface area contributed by atoms with Gasteiger partial charge in [0.1, 0.15) is 5.82 Å². The standard InChI is InChI=1S/C30H39N5OS/c1-6-34-15-17-35(18-16-34)27-20-26(30(3,4)5)32-29(33-27)37-21-23-11-10-14-25(19-23)28(36)31-22(2)24-12-8-7-9-13-24/h7-14,19-20,22H,6,15-18,21H2,1-5H3,(H,31,36). The Hall–Kier alpha value is -2.90. The van der Waals surface area contributed by atoms with E-state index in [0.717, 1.165) is 60.5 Å². The maximum atomic E-state index is 12.9. The Labute approximate surface area is 225 Å². The van der Waals surface area contributed by atoms with Crippen molar-refractivity contribution in [1.82, 2.24) is 20.2 Å². The van der Waals surface area contributed by atoms with Gasteiger partial charge in [-0.15, -0.1) is 0 Å². The summed E-state index contributed by atoms with van der Waals surface area (Å²) in [5.74, 6) is 1.65. The van der Waals surface area contributed by atoms with Crippen molar-refractivity contribution < 1.29 is 4.79 Å². The molecule has 1 saturated heterocycles. The summed E-state index contributed by atoms with van der Waals surface area (Å²) >= 11 is 1.63. The molecule has 0 spiro atoms. The smallest absolute Gasteiger partial charge is 0.251 e. The summed E-state index contributed by atoms with van der Waals surface area (Å²) in [5, 5.41) is 3.89. The topological polar surface area (TPSA) is 61.4 Å². The number of carbonyl (C=O) groups excluding carboxylic acids is 1. The van der Waals surface area contributed by atoms with Gasteiger partial charge in [-0.25, -0.2) is 9.97 Å². The fourth-order valence-corrected chi connectivity index (χ4v) is 5.17. The summed E-state index contributed by atoms with van der Waals surface area (Å²) in [4.78, 5) is 27.6. The number of amides is 1. The van der Waals surface area contributed by atoms with Gasteiger partial charge in [0.05, 0.1) is 11.7 Å². The SMILES string of the molecule is CCN1CCN(c2cc(C(C)(C)C)nc(SCc3cccc(C(=O)NC(C)c4ccccc4)c3)n2)CC1. The van der Waals surface area contributed by atoms with Gasteiger partial charge in [0.15, 0.2) is 5.16 Å². The average Bonchev–Trinajstić information content (AvgIpc) is 2.92. The fraction of sp³-hybridized carbons (Fsp3) is 0.433. The van der Waals surface area contributed by atoms with E-state index >= 15 is 0 Å². The number of piperazine rings is 1. The van der Waals surface area contributed by atoms with Gasteiger partial charge in [-0.2, -0.15) is 0 Å². The lowest BCUT2D eigenvalue weighted by molar-refractivity contribution is 0.0940. The molecule has 7 heteroatoms. The van der Waals surface area contributed by atoms with Gasteiger partial charge < -0.3 is 15.1 Å². The zero-order valence-corrected chi connectivity index (χ0v) is 23.5. The van der Waals surface area contributed by atoms with Gasteiger partial charge in [0.25, 0.3) is 5.91 Å².